The molecule has 95 valence electrons. The summed E-state index contributed by atoms with van der Waals surface area (Å²) in [5, 5.41) is 2.58. The molecule has 4 rings (SSSR count). The van der Waals surface area contributed by atoms with E-state index in [4.69, 9.17) is 0 Å². The standard InChI is InChI=1S/C19H14N/c1-2-7-14(8-3-1)13-15-9-6-12-18-19(15)16-10-4-5-11-17(16)20-18/h1-11,20H,13H2. The van der Waals surface area contributed by atoms with Gasteiger partial charge in [0.05, 0.1) is 5.52 Å². The van der Waals surface area contributed by atoms with Crippen molar-refractivity contribution in [1.82, 2.24) is 4.98 Å². The van der Waals surface area contributed by atoms with Crippen LogP contribution in [-0.2, 0) is 6.42 Å². The van der Waals surface area contributed by atoms with Gasteiger partial charge in [-0.2, -0.15) is 0 Å². The molecule has 1 N–H and O–H groups in total. The van der Waals surface area contributed by atoms with Crippen molar-refractivity contribution in [2.75, 3.05) is 0 Å². The molecule has 0 bridgehead atoms. The minimum atomic E-state index is 0.952. The van der Waals surface area contributed by atoms with Gasteiger partial charge in [-0.15, -0.1) is 0 Å². The Kier molecular flexibility index (Phi) is 2.56. The highest BCUT2D eigenvalue weighted by Gasteiger charge is 2.08. The third-order valence-electron chi connectivity index (χ3n) is 3.78. The lowest BCUT2D eigenvalue weighted by Gasteiger charge is -2.04. The van der Waals surface area contributed by atoms with Crippen LogP contribution in [0.15, 0.2) is 66.7 Å². The molecule has 1 nitrogen and oxygen atoms in total. The van der Waals surface area contributed by atoms with E-state index in [1.54, 1.807) is 0 Å². The van der Waals surface area contributed by atoms with Gasteiger partial charge in [-0.1, -0.05) is 60.7 Å². The smallest absolute Gasteiger partial charge is 0.0548 e. The Hall–Kier alpha value is -2.54. The lowest BCUT2D eigenvalue weighted by molar-refractivity contribution is 1.22. The number of H-pyrrole nitrogens is 1. The Bertz CT molecular complexity index is 872. The average Bonchev–Trinajstić information content (AvgIpc) is 2.88. The first-order valence-electron chi connectivity index (χ1n) is 6.86. The minimum absolute atomic E-state index is 0.952. The Labute approximate surface area is 117 Å². The first-order valence-corrected chi connectivity index (χ1v) is 6.86. The SMILES string of the molecule is [c]1ccc(Cc2ccccc2)c2c1[nH]c1ccccc12. The van der Waals surface area contributed by atoms with Crippen LogP contribution in [0.25, 0.3) is 21.8 Å². The molecule has 0 aliphatic rings. The van der Waals surface area contributed by atoms with E-state index in [2.05, 4.69) is 71.7 Å². The molecule has 0 saturated carbocycles. The van der Waals surface area contributed by atoms with E-state index in [1.807, 2.05) is 6.07 Å². The number of hydrogen-bond acceptors (Lipinski definition) is 0. The van der Waals surface area contributed by atoms with Crippen molar-refractivity contribution >= 4 is 21.8 Å². The summed E-state index contributed by atoms with van der Waals surface area (Å²) in [6.07, 6.45) is 0.952. The van der Waals surface area contributed by atoms with Gasteiger partial charge in [-0.3, -0.25) is 0 Å². The number of hydrogen-bond donors (Lipinski definition) is 1. The molecule has 1 aromatic heterocycles. The van der Waals surface area contributed by atoms with Crippen molar-refractivity contribution in [3.8, 4) is 0 Å². The zero-order chi connectivity index (χ0) is 13.4. The Morgan fingerprint density at radius 3 is 2.55 bits per heavy atom. The van der Waals surface area contributed by atoms with E-state index in [1.165, 1.54) is 27.4 Å². The van der Waals surface area contributed by atoms with Gasteiger partial charge in [0.25, 0.3) is 0 Å². The van der Waals surface area contributed by atoms with E-state index in [0.717, 1.165) is 11.9 Å². The second kappa shape index (κ2) is 4.53. The first-order chi connectivity index (χ1) is 9.92. The molecule has 3 aromatic carbocycles. The van der Waals surface area contributed by atoms with E-state index in [-0.39, 0.29) is 0 Å². The van der Waals surface area contributed by atoms with Crippen LogP contribution < -0.4 is 0 Å². The summed E-state index contributed by atoms with van der Waals surface area (Å²) < 4.78 is 0. The zero-order valence-corrected chi connectivity index (χ0v) is 11.1. The molecule has 1 radical (unpaired) electrons. The van der Waals surface area contributed by atoms with Crippen LogP contribution in [0.1, 0.15) is 11.1 Å². The van der Waals surface area contributed by atoms with Gasteiger partial charge < -0.3 is 4.98 Å². The summed E-state index contributed by atoms with van der Waals surface area (Å²) in [5.41, 5.74) is 4.96. The molecule has 0 fully saturated rings. The molecule has 0 atom stereocenters. The highest BCUT2D eigenvalue weighted by molar-refractivity contribution is 6.08. The van der Waals surface area contributed by atoms with E-state index in [9.17, 15) is 0 Å². The first kappa shape index (κ1) is 11.3. The van der Waals surface area contributed by atoms with Crippen LogP contribution in [0, 0.1) is 6.07 Å². The molecule has 0 saturated heterocycles. The van der Waals surface area contributed by atoms with Gasteiger partial charge in [0, 0.05) is 22.4 Å². The maximum atomic E-state index is 3.45. The van der Waals surface area contributed by atoms with Crippen LogP contribution in [-0.4, -0.2) is 4.98 Å². The lowest BCUT2D eigenvalue weighted by Crippen LogP contribution is -1.88. The number of nitrogens with one attached hydrogen (secondary N) is 1. The molecule has 1 heterocycles. The van der Waals surface area contributed by atoms with Crippen LogP contribution in [0.5, 0.6) is 0 Å². The monoisotopic (exact) mass is 256 g/mol. The summed E-state index contributed by atoms with van der Waals surface area (Å²) in [4.78, 5) is 3.45. The maximum Gasteiger partial charge on any atom is 0.0548 e. The fourth-order valence-electron chi connectivity index (χ4n) is 2.86. The van der Waals surface area contributed by atoms with Crippen molar-refractivity contribution in [3.63, 3.8) is 0 Å². The molecular weight excluding hydrogens is 242 g/mol. The number of aromatic amines is 1. The van der Waals surface area contributed by atoms with Crippen LogP contribution in [0.4, 0.5) is 0 Å². The topological polar surface area (TPSA) is 15.8 Å². The van der Waals surface area contributed by atoms with Crippen molar-refractivity contribution in [2.45, 2.75) is 6.42 Å². The van der Waals surface area contributed by atoms with Crippen LogP contribution in [0.2, 0.25) is 0 Å². The number of fused-ring (bicyclic) bond motifs is 3. The van der Waals surface area contributed by atoms with Crippen molar-refractivity contribution in [2.24, 2.45) is 0 Å². The molecule has 0 spiro atoms. The third kappa shape index (κ3) is 1.79. The average molecular weight is 256 g/mol. The van der Waals surface area contributed by atoms with Crippen LogP contribution in [0.3, 0.4) is 0 Å². The highest BCUT2D eigenvalue weighted by Crippen LogP contribution is 2.29. The zero-order valence-electron chi connectivity index (χ0n) is 11.1. The minimum Gasteiger partial charge on any atom is -0.354 e. The lowest BCUT2D eigenvalue weighted by atomic mass is 10.00. The van der Waals surface area contributed by atoms with Gasteiger partial charge >= 0.3 is 0 Å². The Balaban J connectivity index is 1.95. The van der Waals surface area contributed by atoms with Crippen molar-refractivity contribution in [3.05, 3.63) is 83.9 Å². The predicted octanol–water partition coefficient (Wildman–Crippen LogP) is 4.71. The van der Waals surface area contributed by atoms with Gasteiger partial charge in [0.2, 0.25) is 0 Å². The molecule has 4 aromatic rings. The molecule has 0 unspecified atom stereocenters. The Morgan fingerprint density at radius 2 is 1.65 bits per heavy atom. The Morgan fingerprint density at radius 1 is 0.850 bits per heavy atom. The normalized spacial score (nSPS) is 11.2. The summed E-state index contributed by atoms with van der Waals surface area (Å²) >= 11 is 0. The fraction of sp³-hybridized carbons (Fsp3) is 0.0526. The predicted molar refractivity (Wildman–Crippen MR) is 83.9 cm³/mol. The van der Waals surface area contributed by atoms with Crippen molar-refractivity contribution in [1.29, 1.82) is 0 Å². The van der Waals surface area contributed by atoms with Crippen LogP contribution >= 0.6 is 0 Å². The molecule has 1 heteroatoms. The van der Waals surface area contributed by atoms with E-state index >= 15 is 0 Å². The quantitative estimate of drug-likeness (QED) is 0.534. The largest absolute Gasteiger partial charge is 0.354 e. The molecule has 0 aliphatic carbocycles. The van der Waals surface area contributed by atoms with E-state index in [0.29, 0.717) is 0 Å². The number of rotatable bonds is 2. The second-order valence-corrected chi connectivity index (χ2v) is 5.09. The summed E-state index contributed by atoms with van der Waals surface area (Å²) in [7, 11) is 0. The molecule has 0 amide bonds. The summed E-state index contributed by atoms with van der Waals surface area (Å²) in [5.74, 6) is 0. The van der Waals surface area contributed by atoms with Gasteiger partial charge in [0.1, 0.15) is 0 Å². The number of para-hydroxylation sites is 1. The summed E-state index contributed by atoms with van der Waals surface area (Å²) in [6, 6.07) is 26.6. The molecule has 0 aliphatic heterocycles. The highest BCUT2D eigenvalue weighted by atomic mass is 14.7. The van der Waals surface area contributed by atoms with Gasteiger partial charge in [0.15, 0.2) is 0 Å². The molecular formula is C19H14N. The fourth-order valence-corrected chi connectivity index (χ4v) is 2.86. The van der Waals surface area contributed by atoms with Crippen molar-refractivity contribution < 1.29 is 0 Å². The maximum absolute atomic E-state index is 3.45. The third-order valence-corrected chi connectivity index (χ3v) is 3.78. The van der Waals surface area contributed by atoms with E-state index < -0.39 is 0 Å². The van der Waals surface area contributed by atoms with Gasteiger partial charge in [-0.25, -0.2) is 0 Å². The number of benzene rings is 3. The second-order valence-electron chi connectivity index (χ2n) is 5.09. The summed E-state index contributed by atoms with van der Waals surface area (Å²) in [6.45, 7) is 0. The molecule has 20 heavy (non-hydrogen) atoms. The van der Waals surface area contributed by atoms with Gasteiger partial charge in [-0.05, 0) is 23.6 Å². The number of aromatic nitrogens is 1.